The molecule has 3 rings (SSSR count). The van der Waals surface area contributed by atoms with Gasteiger partial charge in [-0.2, -0.15) is 5.10 Å². The van der Waals surface area contributed by atoms with E-state index in [-0.39, 0.29) is 33.0 Å². The van der Waals surface area contributed by atoms with Gasteiger partial charge in [-0.3, -0.25) is 9.59 Å². The van der Waals surface area contributed by atoms with Crippen LogP contribution in [0.2, 0.25) is 15.2 Å². The zero-order chi connectivity index (χ0) is 22.0. The molecule has 0 radical (unpaired) electrons. The number of rotatable bonds is 5. The minimum absolute atomic E-state index is 0.0607. The van der Waals surface area contributed by atoms with Gasteiger partial charge >= 0.3 is 0 Å². The number of hydrogen-bond acceptors (Lipinski definition) is 3. The summed E-state index contributed by atoms with van der Waals surface area (Å²) >= 11 is 18.5. The van der Waals surface area contributed by atoms with Gasteiger partial charge in [0.25, 0.3) is 5.91 Å². The molecule has 0 unspecified atom stereocenters. The van der Waals surface area contributed by atoms with Crippen LogP contribution in [0.5, 0.6) is 0 Å². The van der Waals surface area contributed by atoms with Crippen LogP contribution in [-0.4, -0.2) is 40.1 Å². The van der Waals surface area contributed by atoms with Crippen LogP contribution < -0.4 is 5.32 Å². The van der Waals surface area contributed by atoms with Crippen LogP contribution >= 0.6 is 34.8 Å². The largest absolute Gasteiger partial charge is 0.332 e. The molecule has 6 nitrogen and oxygen atoms in total. The van der Waals surface area contributed by atoms with E-state index in [0.29, 0.717) is 11.4 Å². The second-order valence-electron chi connectivity index (χ2n) is 6.45. The lowest BCUT2D eigenvalue weighted by atomic mass is 10.2. The first-order valence-electron chi connectivity index (χ1n) is 8.69. The van der Waals surface area contributed by atoms with Gasteiger partial charge in [0.15, 0.2) is 0 Å². The van der Waals surface area contributed by atoms with Crippen molar-refractivity contribution in [2.45, 2.75) is 6.92 Å². The fourth-order valence-electron chi connectivity index (χ4n) is 2.77. The highest BCUT2D eigenvalue weighted by Crippen LogP contribution is 2.30. The third-order valence-corrected chi connectivity index (χ3v) is 5.22. The first-order chi connectivity index (χ1) is 14.2. The molecule has 0 aliphatic rings. The third kappa shape index (κ3) is 4.59. The van der Waals surface area contributed by atoms with Crippen LogP contribution in [0.25, 0.3) is 5.69 Å². The highest BCUT2D eigenvalue weighted by molar-refractivity contribution is 6.39. The van der Waals surface area contributed by atoms with Crippen molar-refractivity contribution in [1.29, 1.82) is 0 Å². The van der Waals surface area contributed by atoms with Gasteiger partial charge in [-0.15, -0.1) is 0 Å². The Bertz CT molecular complexity index is 1100. The van der Waals surface area contributed by atoms with Crippen molar-refractivity contribution in [2.24, 2.45) is 0 Å². The number of halogens is 4. The molecule has 1 heterocycles. The van der Waals surface area contributed by atoms with Gasteiger partial charge in [-0.1, -0.05) is 40.9 Å². The van der Waals surface area contributed by atoms with E-state index in [4.69, 9.17) is 34.8 Å². The predicted octanol–water partition coefficient (Wildman–Crippen LogP) is 4.99. The number of carbonyl (C=O) groups excluding carboxylic acids is 2. The molecule has 0 saturated carbocycles. The molecule has 0 saturated heterocycles. The number of hydrogen-bond donors (Lipinski definition) is 1. The summed E-state index contributed by atoms with van der Waals surface area (Å²) < 4.78 is 14.5. The summed E-state index contributed by atoms with van der Waals surface area (Å²) in [6, 6.07) is 10.3. The molecule has 2 aromatic carbocycles. The summed E-state index contributed by atoms with van der Waals surface area (Å²) in [6.45, 7) is 1.36. The third-order valence-electron chi connectivity index (χ3n) is 4.24. The Morgan fingerprint density at radius 3 is 2.30 bits per heavy atom. The van der Waals surface area contributed by atoms with Gasteiger partial charge in [0.1, 0.15) is 11.0 Å². The van der Waals surface area contributed by atoms with Crippen molar-refractivity contribution in [3.63, 3.8) is 0 Å². The molecule has 10 heteroatoms. The van der Waals surface area contributed by atoms with Gasteiger partial charge in [0.05, 0.1) is 39.2 Å². The number of aromatic nitrogens is 2. The van der Waals surface area contributed by atoms with Crippen LogP contribution in [0.15, 0.2) is 42.5 Å². The Hall–Kier alpha value is -2.61. The normalized spacial score (nSPS) is 10.7. The summed E-state index contributed by atoms with van der Waals surface area (Å²) in [5, 5.41) is 7.48. The van der Waals surface area contributed by atoms with Crippen molar-refractivity contribution < 1.29 is 14.0 Å². The summed E-state index contributed by atoms with van der Waals surface area (Å²) in [6.07, 6.45) is 0. The Labute approximate surface area is 187 Å². The van der Waals surface area contributed by atoms with E-state index in [1.54, 1.807) is 25.1 Å². The molecule has 1 aromatic heterocycles. The maximum Gasteiger partial charge on any atom is 0.259 e. The molecule has 30 heavy (non-hydrogen) atoms. The highest BCUT2D eigenvalue weighted by Gasteiger charge is 2.25. The highest BCUT2D eigenvalue weighted by atomic mass is 35.5. The number of para-hydroxylation sites is 1. The SMILES string of the molecule is Cc1nn(-c2ccc(F)cc2)c(Cl)c1C(=O)N(C)CC(=O)Nc1c(Cl)cccc1Cl. The topological polar surface area (TPSA) is 67.2 Å². The second-order valence-corrected chi connectivity index (χ2v) is 7.62. The maximum absolute atomic E-state index is 13.2. The molecule has 0 spiro atoms. The lowest BCUT2D eigenvalue weighted by molar-refractivity contribution is -0.116. The molecule has 0 atom stereocenters. The van der Waals surface area contributed by atoms with Crippen LogP contribution in [-0.2, 0) is 4.79 Å². The molecule has 0 fully saturated rings. The van der Waals surface area contributed by atoms with E-state index < -0.39 is 17.6 Å². The lowest BCUT2D eigenvalue weighted by Gasteiger charge is -2.17. The molecule has 3 aromatic rings. The first-order valence-corrected chi connectivity index (χ1v) is 9.82. The fraction of sp³-hybridized carbons (Fsp3) is 0.150. The molecular formula is C20H16Cl3FN4O2. The van der Waals surface area contributed by atoms with Crippen LogP contribution in [0.3, 0.4) is 0 Å². The first kappa shape index (κ1) is 22.1. The summed E-state index contributed by atoms with van der Waals surface area (Å²) in [7, 11) is 1.46. The summed E-state index contributed by atoms with van der Waals surface area (Å²) in [5.74, 6) is -1.38. The van der Waals surface area contributed by atoms with Crippen molar-refractivity contribution in [2.75, 3.05) is 18.9 Å². The lowest BCUT2D eigenvalue weighted by Crippen LogP contribution is -2.35. The van der Waals surface area contributed by atoms with E-state index in [9.17, 15) is 14.0 Å². The number of aryl methyl sites for hydroxylation is 1. The van der Waals surface area contributed by atoms with Crippen molar-refractivity contribution in [3.05, 3.63) is 74.7 Å². The Balaban J connectivity index is 1.78. The molecular weight excluding hydrogens is 454 g/mol. The fourth-order valence-corrected chi connectivity index (χ4v) is 3.61. The summed E-state index contributed by atoms with van der Waals surface area (Å²) in [5.41, 5.74) is 1.28. The van der Waals surface area contributed by atoms with Crippen LogP contribution in [0.4, 0.5) is 10.1 Å². The Morgan fingerprint density at radius 2 is 1.70 bits per heavy atom. The van der Waals surface area contributed by atoms with Crippen molar-refractivity contribution in [1.82, 2.24) is 14.7 Å². The number of amides is 2. The summed E-state index contributed by atoms with van der Waals surface area (Å²) in [4.78, 5) is 26.5. The minimum atomic E-state index is -0.494. The Morgan fingerprint density at radius 1 is 1.10 bits per heavy atom. The van der Waals surface area contributed by atoms with Gasteiger partial charge in [0.2, 0.25) is 5.91 Å². The molecule has 156 valence electrons. The van der Waals surface area contributed by atoms with Crippen molar-refractivity contribution in [3.8, 4) is 5.69 Å². The number of nitrogens with zero attached hydrogens (tertiary/aromatic N) is 3. The quantitative estimate of drug-likeness (QED) is 0.572. The number of anilines is 1. The van der Waals surface area contributed by atoms with Gasteiger partial charge in [-0.25, -0.2) is 9.07 Å². The molecule has 0 aliphatic carbocycles. The average Bonchev–Trinajstić information content (AvgIpc) is 2.99. The van der Waals surface area contributed by atoms with E-state index in [2.05, 4.69) is 10.4 Å². The van der Waals surface area contributed by atoms with Crippen molar-refractivity contribution >= 4 is 52.3 Å². The number of likely N-dealkylation sites (N-methyl/N-ethyl adjacent to an activating group) is 1. The van der Waals surface area contributed by atoms with Crippen LogP contribution in [0, 0.1) is 12.7 Å². The van der Waals surface area contributed by atoms with E-state index >= 15 is 0 Å². The molecule has 0 bridgehead atoms. The average molecular weight is 470 g/mol. The monoisotopic (exact) mass is 468 g/mol. The van der Waals surface area contributed by atoms with Gasteiger partial charge < -0.3 is 10.2 Å². The van der Waals surface area contributed by atoms with Gasteiger partial charge in [-0.05, 0) is 43.3 Å². The molecule has 1 N–H and O–H groups in total. The van der Waals surface area contributed by atoms with E-state index in [1.165, 1.54) is 40.9 Å². The second kappa shape index (κ2) is 9.04. The minimum Gasteiger partial charge on any atom is -0.332 e. The van der Waals surface area contributed by atoms with E-state index in [0.717, 1.165) is 0 Å². The standard InChI is InChI=1S/C20H16Cl3FN4O2/c1-11-17(19(23)28(26-11)13-8-6-12(24)7-9-13)20(30)27(2)10-16(29)25-18-14(21)4-3-5-15(18)22/h3-9H,10H2,1-2H3,(H,25,29). The predicted molar refractivity (Wildman–Crippen MR) is 115 cm³/mol. The number of benzene rings is 2. The van der Waals surface area contributed by atoms with E-state index in [1.807, 2.05) is 0 Å². The smallest absolute Gasteiger partial charge is 0.259 e. The van der Waals surface area contributed by atoms with Crippen LogP contribution in [0.1, 0.15) is 16.1 Å². The number of nitrogens with one attached hydrogen (secondary N) is 1. The molecule has 2 amide bonds. The number of carbonyl (C=O) groups is 2. The zero-order valence-corrected chi connectivity index (χ0v) is 18.2. The Kier molecular flexibility index (Phi) is 6.65. The van der Waals surface area contributed by atoms with Gasteiger partial charge in [0, 0.05) is 7.05 Å². The maximum atomic E-state index is 13.2. The molecule has 0 aliphatic heterocycles. The zero-order valence-electron chi connectivity index (χ0n) is 15.9.